The van der Waals surface area contributed by atoms with E-state index >= 15 is 0 Å². The predicted molar refractivity (Wildman–Crippen MR) is 138 cm³/mol. The smallest absolute Gasteiger partial charge is 0.410 e. The monoisotopic (exact) mass is 487 g/mol. The van der Waals surface area contributed by atoms with Crippen molar-refractivity contribution in [1.29, 1.82) is 0 Å². The number of benzene rings is 2. The van der Waals surface area contributed by atoms with Gasteiger partial charge >= 0.3 is 6.09 Å². The second-order valence-electron chi connectivity index (χ2n) is 9.65. The molecule has 2 heterocycles. The minimum atomic E-state index is -0.371. The highest BCUT2D eigenvalue weighted by Crippen LogP contribution is 2.32. The van der Waals surface area contributed by atoms with E-state index in [1.54, 1.807) is 4.90 Å². The zero-order valence-corrected chi connectivity index (χ0v) is 20.8. The standard InChI is InChI=1S/C29H33N3O4/c1-21-26(20-36-29(34)32-17-15-31(16-18-32)28(33)23-11-5-6-12-23)30-25-14-8-7-13-24(25)27(21)35-19-22-9-3-2-4-10-22/h2-4,7-10,13-14,23H,5-6,11-12,15-20H2,1H3. The third-order valence-corrected chi connectivity index (χ3v) is 7.29. The van der Waals surface area contributed by atoms with E-state index in [4.69, 9.17) is 14.5 Å². The fraction of sp³-hybridized carbons (Fsp3) is 0.414. The summed E-state index contributed by atoms with van der Waals surface area (Å²) in [5.74, 6) is 1.18. The first-order valence-electron chi connectivity index (χ1n) is 12.9. The van der Waals surface area contributed by atoms with Gasteiger partial charge in [0.15, 0.2) is 0 Å². The Bertz CT molecular complexity index is 1220. The highest BCUT2D eigenvalue weighted by Gasteiger charge is 2.31. The quantitative estimate of drug-likeness (QED) is 0.484. The van der Waals surface area contributed by atoms with Crippen LogP contribution in [0.25, 0.3) is 10.9 Å². The van der Waals surface area contributed by atoms with E-state index in [1.807, 2.05) is 66.4 Å². The van der Waals surface area contributed by atoms with E-state index in [1.165, 1.54) is 0 Å². The van der Waals surface area contributed by atoms with Crippen LogP contribution in [0, 0.1) is 12.8 Å². The van der Waals surface area contributed by atoms with Crippen LogP contribution in [0.5, 0.6) is 5.75 Å². The SMILES string of the molecule is Cc1c(COC(=O)N2CCN(C(=O)C3CCCC3)CC2)nc2ccccc2c1OCc1ccccc1. The lowest BCUT2D eigenvalue weighted by atomic mass is 10.1. The average Bonchev–Trinajstić information content (AvgIpc) is 3.47. The molecule has 0 radical (unpaired) electrons. The van der Waals surface area contributed by atoms with Crippen molar-refractivity contribution in [2.45, 2.75) is 45.8 Å². The molecular weight excluding hydrogens is 454 g/mol. The third kappa shape index (κ3) is 5.30. The number of para-hydroxylation sites is 1. The van der Waals surface area contributed by atoms with E-state index < -0.39 is 0 Å². The molecule has 2 fully saturated rings. The maximum Gasteiger partial charge on any atom is 0.410 e. The largest absolute Gasteiger partial charge is 0.488 e. The molecule has 2 amide bonds. The topological polar surface area (TPSA) is 72.0 Å². The molecule has 0 atom stereocenters. The number of fused-ring (bicyclic) bond motifs is 1. The van der Waals surface area contributed by atoms with Crippen LogP contribution in [0.2, 0.25) is 0 Å². The minimum Gasteiger partial charge on any atom is -0.488 e. The lowest BCUT2D eigenvalue weighted by Gasteiger charge is -2.35. The second kappa shape index (κ2) is 11.0. The molecule has 0 unspecified atom stereocenters. The van der Waals surface area contributed by atoms with E-state index in [9.17, 15) is 9.59 Å². The van der Waals surface area contributed by atoms with Gasteiger partial charge in [-0.1, -0.05) is 55.3 Å². The predicted octanol–water partition coefficient (Wildman–Crippen LogP) is 5.09. The first-order valence-corrected chi connectivity index (χ1v) is 12.9. The highest BCUT2D eigenvalue weighted by molar-refractivity contribution is 5.86. The van der Waals surface area contributed by atoms with Gasteiger partial charge in [-0.05, 0) is 37.5 Å². The molecule has 2 aliphatic rings. The van der Waals surface area contributed by atoms with Gasteiger partial charge < -0.3 is 19.3 Å². The summed E-state index contributed by atoms with van der Waals surface area (Å²) in [5.41, 5.74) is 3.43. The summed E-state index contributed by atoms with van der Waals surface area (Å²) in [7, 11) is 0. The van der Waals surface area contributed by atoms with E-state index in [2.05, 4.69) is 0 Å². The van der Waals surface area contributed by atoms with E-state index in [0.29, 0.717) is 38.5 Å². The molecule has 1 aliphatic heterocycles. The molecule has 1 aromatic heterocycles. The molecule has 1 aliphatic carbocycles. The Balaban J connectivity index is 1.22. The van der Waals surface area contributed by atoms with Crippen LogP contribution in [-0.2, 0) is 22.7 Å². The van der Waals surface area contributed by atoms with Crippen LogP contribution in [0.4, 0.5) is 4.79 Å². The summed E-state index contributed by atoms with van der Waals surface area (Å²) in [6.07, 6.45) is 3.91. The Morgan fingerprint density at radius 2 is 1.56 bits per heavy atom. The molecule has 2 aromatic carbocycles. The van der Waals surface area contributed by atoms with E-state index in [-0.39, 0.29) is 24.5 Å². The van der Waals surface area contributed by atoms with Crippen molar-refractivity contribution >= 4 is 22.9 Å². The molecule has 1 saturated heterocycles. The number of hydrogen-bond acceptors (Lipinski definition) is 5. The van der Waals surface area contributed by atoms with E-state index in [0.717, 1.165) is 53.5 Å². The molecule has 1 saturated carbocycles. The summed E-state index contributed by atoms with van der Waals surface area (Å²) in [6.45, 7) is 4.58. The zero-order valence-electron chi connectivity index (χ0n) is 20.8. The molecule has 36 heavy (non-hydrogen) atoms. The lowest BCUT2D eigenvalue weighted by molar-refractivity contribution is -0.136. The van der Waals surface area contributed by atoms with Crippen LogP contribution in [0.15, 0.2) is 54.6 Å². The van der Waals surface area contributed by atoms with Gasteiger partial charge in [0.1, 0.15) is 19.0 Å². The number of carbonyl (C=O) groups is 2. The Morgan fingerprint density at radius 1 is 0.889 bits per heavy atom. The van der Waals surface area contributed by atoms with Crippen molar-refractivity contribution in [3.8, 4) is 5.75 Å². The number of aromatic nitrogens is 1. The highest BCUT2D eigenvalue weighted by atomic mass is 16.6. The first kappa shape index (κ1) is 24.1. The molecule has 5 rings (SSSR count). The number of rotatable bonds is 6. The van der Waals surface area contributed by atoms with Crippen LogP contribution >= 0.6 is 0 Å². The first-order chi connectivity index (χ1) is 17.6. The van der Waals surface area contributed by atoms with Crippen molar-refractivity contribution < 1.29 is 19.1 Å². The van der Waals surface area contributed by atoms with Gasteiger partial charge in [0, 0.05) is 43.0 Å². The van der Waals surface area contributed by atoms with Crippen molar-refractivity contribution in [1.82, 2.24) is 14.8 Å². The molecule has 0 N–H and O–H groups in total. The van der Waals surface area contributed by atoms with Crippen molar-refractivity contribution in [2.75, 3.05) is 26.2 Å². The van der Waals surface area contributed by atoms with Gasteiger partial charge in [0.2, 0.25) is 5.91 Å². The molecular formula is C29H33N3O4. The number of piperazine rings is 1. The molecule has 0 bridgehead atoms. The van der Waals surface area contributed by atoms with Crippen LogP contribution in [0.3, 0.4) is 0 Å². The second-order valence-corrected chi connectivity index (χ2v) is 9.65. The molecule has 3 aromatic rings. The number of pyridine rings is 1. The number of ether oxygens (including phenoxy) is 2. The summed E-state index contributed by atoms with van der Waals surface area (Å²) in [4.78, 5) is 33.8. The van der Waals surface area contributed by atoms with Crippen LogP contribution in [-0.4, -0.2) is 53.0 Å². The number of carbonyl (C=O) groups excluding carboxylic acids is 2. The normalized spacial score (nSPS) is 16.4. The lowest BCUT2D eigenvalue weighted by Crippen LogP contribution is -2.51. The molecule has 188 valence electrons. The summed E-state index contributed by atoms with van der Waals surface area (Å²) in [6, 6.07) is 17.9. The summed E-state index contributed by atoms with van der Waals surface area (Å²) in [5, 5.41) is 0.934. The number of hydrogen-bond donors (Lipinski definition) is 0. The minimum absolute atomic E-state index is 0.0679. The Labute approximate surface area is 212 Å². The number of nitrogens with zero attached hydrogens (tertiary/aromatic N) is 3. The Morgan fingerprint density at radius 3 is 2.31 bits per heavy atom. The van der Waals surface area contributed by atoms with Crippen molar-refractivity contribution in [3.63, 3.8) is 0 Å². The fourth-order valence-corrected chi connectivity index (χ4v) is 5.14. The van der Waals surface area contributed by atoms with Gasteiger partial charge in [-0.3, -0.25) is 4.79 Å². The fourth-order valence-electron chi connectivity index (χ4n) is 5.14. The van der Waals surface area contributed by atoms with Gasteiger partial charge in [-0.25, -0.2) is 9.78 Å². The summed E-state index contributed by atoms with van der Waals surface area (Å²) >= 11 is 0. The van der Waals surface area contributed by atoms with Gasteiger partial charge in [-0.2, -0.15) is 0 Å². The average molecular weight is 488 g/mol. The summed E-state index contributed by atoms with van der Waals surface area (Å²) < 4.78 is 11.9. The maximum absolute atomic E-state index is 12.8. The maximum atomic E-state index is 12.8. The number of amides is 2. The van der Waals surface area contributed by atoms with Crippen molar-refractivity contribution in [2.24, 2.45) is 5.92 Å². The Kier molecular flexibility index (Phi) is 7.35. The molecule has 7 nitrogen and oxygen atoms in total. The molecule has 0 spiro atoms. The van der Waals surface area contributed by atoms with Gasteiger partial charge in [-0.15, -0.1) is 0 Å². The van der Waals surface area contributed by atoms with Crippen LogP contribution < -0.4 is 4.74 Å². The molecule has 7 heteroatoms. The zero-order chi connectivity index (χ0) is 24.9. The Hall–Kier alpha value is -3.61. The van der Waals surface area contributed by atoms with Gasteiger partial charge in [0.25, 0.3) is 0 Å². The third-order valence-electron chi connectivity index (χ3n) is 7.29. The van der Waals surface area contributed by atoms with Crippen LogP contribution in [0.1, 0.15) is 42.5 Å². The van der Waals surface area contributed by atoms with Gasteiger partial charge in [0.05, 0.1) is 11.2 Å². The van der Waals surface area contributed by atoms with Crippen molar-refractivity contribution in [3.05, 3.63) is 71.4 Å².